The van der Waals surface area contributed by atoms with Gasteiger partial charge in [0.2, 0.25) is 0 Å². The Morgan fingerprint density at radius 1 is 1.19 bits per heavy atom. The van der Waals surface area contributed by atoms with Crippen molar-refractivity contribution in [2.24, 2.45) is 16.8 Å². The van der Waals surface area contributed by atoms with E-state index in [-0.39, 0.29) is 12.0 Å². The van der Waals surface area contributed by atoms with Crippen LogP contribution >= 0.6 is 0 Å². The molecule has 0 spiro atoms. The Hall–Kier alpha value is -1.64. The molecule has 1 aromatic rings. The molecule has 1 heterocycles. The van der Waals surface area contributed by atoms with Crippen LogP contribution in [-0.2, 0) is 9.53 Å². The number of hydrogen-bond donors (Lipinski definition) is 0. The zero-order valence-corrected chi connectivity index (χ0v) is 13.0. The van der Waals surface area contributed by atoms with Crippen LogP contribution in [-0.4, -0.2) is 23.3 Å². The number of esters is 1. The van der Waals surface area contributed by atoms with Gasteiger partial charge in [-0.15, -0.1) is 0 Å². The van der Waals surface area contributed by atoms with E-state index in [2.05, 4.69) is 12.1 Å². The Morgan fingerprint density at radius 3 is 2.43 bits per heavy atom. The summed E-state index contributed by atoms with van der Waals surface area (Å²) in [6.45, 7) is 5.73. The molecule has 2 atom stereocenters. The van der Waals surface area contributed by atoms with Gasteiger partial charge in [-0.05, 0) is 51.5 Å². The summed E-state index contributed by atoms with van der Waals surface area (Å²) < 4.78 is 5.57. The van der Waals surface area contributed by atoms with Crippen molar-refractivity contribution in [2.75, 3.05) is 0 Å². The zero-order chi connectivity index (χ0) is 15.0. The molecule has 21 heavy (non-hydrogen) atoms. The summed E-state index contributed by atoms with van der Waals surface area (Å²) in [6, 6.07) is 9.87. The number of carbonyl (C=O) groups is 1. The molecule has 0 bridgehead atoms. The van der Waals surface area contributed by atoms with Crippen molar-refractivity contribution >= 4 is 11.7 Å². The first kappa shape index (κ1) is 14.3. The lowest BCUT2D eigenvalue weighted by molar-refractivity contribution is -0.157. The first-order valence-electron chi connectivity index (χ1n) is 7.79. The fourth-order valence-electron chi connectivity index (χ4n) is 3.01. The summed E-state index contributed by atoms with van der Waals surface area (Å²) in [5.41, 5.74) is 1.74. The first-order valence-corrected chi connectivity index (χ1v) is 7.79. The number of ether oxygens (including phenoxy) is 1. The van der Waals surface area contributed by atoms with Crippen LogP contribution in [0.15, 0.2) is 35.3 Å². The summed E-state index contributed by atoms with van der Waals surface area (Å²) in [6.07, 6.45) is 3.35. The second kappa shape index (κ2) is 5.28. The van der Waals surface area contributed by atoms with Gasteiger partial charge in [0, 0.05) is 11.6 Å². The molecular formula is C18H23NO2. The van der Waals surface area contributed by atoms with Crippen molar-refractivity contribution in [2.45, 2.75) is 51.7 Å². The van der Waals surface area contributed by atoms with E-state index in [1.807, 2.05) is 39.0 Å². The number of hydrogen-bond acceptors (Lipinski definition) is 3. The number of rotatable bonds is 3. The van der Waals surface area contributed by atoms with Crippen LogP contribution in [0.4, 0.5) is 0 Å². The van der Waals surface area contributed by atoms with E-state index in [9.17, 15) is 4.79 Å². The number of nitrogens with zero attached hydrogens (tertiary/aromatic N) is 1. The lowest BCUT2D eigenvalue weighted by atomic mass is 9.91. The second-order valence-electron chi connectivity index (χ2n) is 7.13. The molecule has 1 aliphatic heterocycles. The predicted molar refractivity (Wildman–Crippen MR) is 83.4 cm³/mol. The van der Waals surface area contributed by atoms with Crippen LogP contribution in [0.25, 0.3) is 0 Å². The fourth-order valence-corrected chi connectivity index (χ4v) is 3.01. The minimum Gasteiger partial charge on any atom is -0.458 e. The Kier molecular flexibility index (Phi) is 3.60. The average Bonchev–Trinajstić information content (AvgIpc) is 3.16. The van der Waals surface area contributed by atoms with Crippen molar-refractivity contribution in [3.8, 4) is 0 Å². The van der Waals surface area contributed by atoms with Gasteiger partial charge in [0.1, 0.15) is 5.60 Å². The SMILES string of the molecule is CC(C)(C)OC(=O)[C@H]1N=C(c2ccccc2)C[C@@H]1C1CC1. The highest BCUT2D eigenvalue weighted by molar-refractivity contribution is 6.04. The third kappa shape index (κ3) is 3.34. The normalized spacial score (nSPS) is 25.6. The summed E-state index contributed by atoms with van der Waals surface area (Å²) >= 11 is 0. The summed E-state index contributed by atoms with van der Waals surface area (Å²) in [4.78, 5) is 17.2. The molecule has 3 rings (SSSR count). The quantitative estimate of drug-likeness (QED) is 0.796. The van der Waals surface area contributed by atoms with E-state index < -0.39 is 5.60 Å². The lowest BCUT2D eigenvalue weighted by Gasteiger charge is -2.23. The van der Waals surface area contributed by atoms with Gasteiger partial charge in [0.15, 0.2) is 6.04 Å². The predicted octanol–water partition coefficient (Wildman–Crippen LogP) is 3.62. The second-order valence-corrected chi connectivity index (χ2v) is 7.13. The molecule has 3 nitrogen and oxygen atoms in total. The van der Waals surface area contributed by atoms with Crippen molar-refractivity contribution in [1.82, 2.24) is 0 Å². The number of benzene rings is 1. The Bertz CT molecular complexity index is 552. The maximum absolute atomic E-state index is 12.5. The average molecular weight is 285 g/mol. The van der Waals surface area contributed by atoms with Crippen LogP contribution in [0.1, 0.15) is 45.6 Å². The summed E-state index contributed by atoms with van der Waals surface area (Å²) in [5.74, 6) is 0.813. The zero-order valence-electron chi connectivity index (χ0n) is 13.0. The van der Waals surface area contributed by atoms with Crippen LogP contribution < -0.4 is 0 Å². The molecule has 0 unspecified atom stereocenters. The Balaban J connectivity index is 1.82. The topological polar surface area (TPSA) is 38.7 Å². The molecular weight excluding hydrogens is 262 g/mol. The minimum atomic E-state index is -0.448. The standard InChI is InChI=1S/C18H23NO2/c1-18(2,3)21-17(20)16-14(12-9-10-12)11-15(19-16)13-7-5-4-6-8-13/h4-8,12,14,16H,9-11H2,1-3H3/t14-,16+/m1/s1. The van der Waals surface area contributed by atoms with Crippen LogP contribution in [0.2, 0.25) is 0 Å². The number of carbonyl (C=O) groups excluding carboxylic acids is 1. The molecule has 1 aliphatic carbocycles. The molecule has 1 fully saturated rings. The van der Waals surface area contributed by atoms with E-state index in [4.69, 9.17) is 9.73 Å². The highest BCUT2D eigenvalue weighted by Gasteiger charge is 2.45. The largest absolute Gasteiger partial charge is 0.458 e. The van der Waals surface area contributed by atoms with Crippen molar-refractivity contribution in [1.29, 1.82) is 0 Å². The molecule has 1 aromatic carbocycles. The summed E-state index contributed by atoms with van der Waals surface area (Å²) in [5, 5.41) is 0. The highest BCUT2D eigenvalue weighted by atomic mass is 16.6. The van der Waals surface area contributed by atoms with Crippen molar-refractivity contribution in [3.63, 3.8) is 0 Å². The smallest absolute Gasteiger partial charge is 0.331 e. The molecule has 2 aliphatic rings. The third-order valence-electron chi connectivity index (χ3n) is 4.11. The molecule has 0 amide bonds. The van der Waals surface area contributed by atoms with Crippen molar-refractivity contribution in [3.05, 3.63) is 35.9 Å². The number of aliphatic imine (C=N–C) groups is 1. The van der Waals surface area contributed by atoms with Crippen LogP contribution in [0.5, 0.6) is 0 Å². The molecule has 0 saturated heterocycles. The highest BCUT2D eigenvalue weighted by Crippen LogP contribution is 2.44. The van der Waals surface area contributed by atoms with Gasteiger partial charge in [0.05, 0.1) is 0 Å². The van der Waals surface area contributed by atoms with Gasteiger partial charge < -0.3 is 4.74 Å². The first-order chi connectivity index (χ1) is 9.94. The van der Waals surface area contributed by atoms with E-state index in [1.165, 1.54) is 12.8 Å². The Morgan fingerprint density at radius 2 is 1.86 bits per heavy atom. The van der Waals surface area contributed by atoms with E-state index in [0.29, 0.717) is 11.8 Å². The van der Waals surface area contributed by atoms with Crippen LogP contribution in [0, 0.1) is 11.8 Å². The monoisotopic (exact) mass is 285 g/mol. The van der Waals surface area contributed by atoms with Gasteiger partial charge in [-0.1, -0.05) is 30.3 Å². The molecule has 3 heteroatoms. The molecule has 0 radical (unpaired) electrons. The maximum atomic E-state index is 12.5. The minimum absolute atomic E-state index is 0.162. The summed E-state index contributed by atoms with van der Waals surface area (Å²) in [7, 11) is 0. The van der Waals surface area contributed by atoms with E-state index in [0.717, 1.165) is 17.7 Å². The fraction of sp³-hybridized carbons (Fsp3) is 0.556. The van der Waals surface area contributed by atoms with Gasteiger partial charge in [-0.3, -0.25) is 4.99 Å². The molecule has 112 valence electrons. The van der Waals surface area contributed by atoms with E-state index >= 15 is 0 Å². The molecule has 0 N–H and O–H groups in total. The van der Waals surface area contributed by atoms with Crippen LogP contribution in [0.3, 0.4) is 0 Å². The van der Waals surface area contributed by atoms with Gasteiger partial charge in [-0.2, -0.15) is 0 Å². The molecule has 1 saturated carbocycles. The lowest BCUT2D eigenvalue weighted by Crippen LogP contribution is -2.34. The Labute approximate surface area is 126 Å². The molecule has 0 aromatic heterocycles. The third-order valence-corrected chi connectivity index (χ3v) is 4.11. The maximum Gasteiger partial charge on any atom is 0.331 e. The van der Waals surface area contributed by atoms with Gasteiger partial charge in [0.25, 0.3) is 0 Å². The van der Waals surface area contributed by atoms with Crippen molar-refractivity contribution < 1.29 is 9.53 Å². The van der Waals surface area contributed by atoms with Gasteiger partial charge >= 0.3 is 5.97 Å². The van der Waals surface area contributed by atoms with Gasteiger partial charge in [-0.25, -0.2) is 4.79 Å². The van der Waals surface area contributed by atoms with E-state index in [1.54, 1.807) is 0 Å².